The van der Waals surface area contributed by atoms with Crippen molar-refractivity contribution >= 4 is 69.1 Å². The minimum atomic E-state index is 0.685. The first kappa shape index (κ1) is 44.9. The van der Waals surface area contributed by atoms with Gasteiger partial charge in [0.15, 0.2) is 0 Å². The third-order valence-electron chi connectivity index (χ3n) is 15.1. The second-order valence-corrected chi connectivity index (χ2v) is 19.7. The molecule has 0 aliphatic heterocycles. The molecule has 0 radical (unpaired) electrons. The van der Waals surface area contributed by atoms with Crippen molar-refractivity contribution in [1.29, 1.82) is 0 Å². The highest BCUT2D eigenvalue weighted by molar-refractivity contribution is 6.02. The van der Waals surface area contributed by atoms with Gasteiger partial charge in [-0.25, -0.2) is 0 Å². The van der Waals surface area contributed by atoms with Crippen molar-refractivity contribution in [2.24, 2.45) is 0 Å². The van der Waals surface area contributed by atoms with E-state index in [1.165, 1.54) is 164 Å². The van der Waals surface area contributed by atoms with Gasteiger partial charge in [0, 0.05) is 0 Å². The van der Waals surface area contributed by atoms with E-state index in [2.05, 4.69) is 243 Å². The second kappa shape index (κ2) is 21.4. The van der Waals surface area contributed by atoms with Gasteiger partial charge in [-0.15, -0.1) is 0 Å². The maximum Gasteiger partial charge on any atom is -0.0105 e. The minimum Gasteiger partial charge on any atom is -0.0622 e. The maximum atomic E-state index is 2.39. The molecule has 0 nitrogen and oxygen atoms in total. The van der Waals surface area contributed by atoms with Crippen LogP contribution in [0, 0.1) is 0 Å². The lowest BCUT2D eigenvalue weighted by atomic mass is 9.83. The van der Waals surface area contributed by atoms with Crippen LogP contribution in [0.3, 0.4) is 0 Å². The fourth-order valence-electron chi connectivity index (χ4n) is 11.2. The first-order valence-electron chi connectivity index (χ1n) is 25.9. The van der Waals surface area contributed by atoms with Crippen LogP contribution in [0.15, 0.2) is 206 Å². The zero-order chi connectivity index (χ0) is 46.9. The molecule has 0 heteroatoms. The van der Waals surface area contributed by atoms with E-state index >= 15 is 0 Å². The van der Waals surface area contributed by atoms with E-state index in [0.717, 1.165) is 0 Å². The van der Waals surface area contributed by atoms with Gasteiger partial charge in [-0.05, 0) is 173 Å². The van der Waals surface area contributed by atoms with Crippen LogP contribution in [-0.2, 0) is 0 Å². The van der Waals surface area contributed by atoms with Crippen LogP contribution in [0.2, 0.25) is 0 Å². The highest BCUT2D eigenvalue weighted by atomic mass is 14.2. The molecule has 70 heavy (non-hydrogen) atoms. The number of hydrogen-bond acceptors (Lipinski definition) is 0. The molecule has 9 aromatic carbocycles. The summed E-state index contributed by atoms with van der Waals surface area (Å²) >= 11 is 0. The Morgan fingerprint density at radius 2 is 0.600 bits per heavy atom. The molecule has 0 amide bonds. The van der Waals surface area contributed by atoms with Gasteiger partial charge in [0.25, 0.3) is 0 Å². The van der Waals surface area contributed by atoms with Crippen molar-refractivity contribution < 1.29 is 0 Å². The number of hydrogen-bond donors (Lipinski definition) is 0. The molecule has 0 heterocycles. The third kappa shape index (κ3) is 10.4. The number of fused-ring (bicyclic) bond motifs is 2. The fourth-order valence-corrected chi connectivity index (χ4v) is 11.2. The van der Waals surface area contributed by atoms with Gasteiger partial charge in [-0.1, -0.05) is 245 Å². The van der Waals surface area contributed by atoms with Gasteiger partial charge in [0.1, 0.15) is 0 Å². The van der Waals surface area contributed by atoms with Crippen molar-refractivity contribution in [3.63, 3.8) is 0 Å². The molecular weight excluding hydrogens is 841 g/mol. The molecular formula is C70H62. The standard InChI is InChI=1S/C70H62/c1-5-19-51(20-6-1)55-33-39-59(40-34-55)69(57-25-9-3-10-26-57)49-63-31-15-13-23-53(63)37-43-65-47-67-45-61-29-17-18-30-62(61)46-68(67)48-66(65)44-38-54-24-14-16-32-64(54)50-70(58-27-11-4-12-28-58)60-41-35-56(36-42-60)52-21-7-2-8-22-52/h3-4,9-18,23-52H,1-2,5-8,19-22H2/b43-37?,44-38?,69-49-,70-50-. The van der Waals surface area contributed by atoms with Crippen molar-refractivity contribution in [2.45, 2.75) is 76.0 Å². The summed E-state index contributed by atoms with van der Waals surface area (Å²) in [6.07, 6.45) is 27.4. The minimum absolute atomic E-state index is 0.685. The molecule has 2 aliphatic rings. The van der Waals surface area contributed by atoms with Gasteiger partial charge >= 0.3 is 0 Å². The van der Waals surface area contributed by atoms with Gasteiger partial charge in [0.05, 0.1) is 0 Å². The molecule has 9 aromatic rings. The van der Waals surface area contributed by atoms with Crippen molar-refractivity contribution in [2.75, 3.05) is 0 Å². The number of rotatable bonds is 12. The average Bonchev–Trinajstić information content (AvgIpc) is 3.43. The molecule has 0 aromatic heterocycles. The second-order valence-electron chi connectivity index (χ2n) is 19.7. The van der Waals surface area contributed by atoms with Crippen LogP contribution in [0.25, 0.3) is 69.1 Å². The molecule has 0 N–H and O–H groups in total. The Morgan fingerprint density at radius 1 is 0.271 bits per heavy atom. The normalized spacial score (nSPS) is 15.4. The van der Waals surface area contributed by atoms with Crippen LogP contribution in [-0.4, -0.2) is 0 Å². The Hall–Kier alpha value is -7.54. The largest absolute Gasteiger partial charge is 0.0622 e. The summed E-state index contributed by atoms with van der Waals surface area (Å²) in [7, 11) is 0. The van der Waals surface area contributed by atoms with Crippen LogP contribution in [0.1, 0.15) is 143 Å². The third-order valence-corrected chi connectivity index (χ3v) is 15.1. The zero-order valence-electron chi connectivity index (χ0n) is 40.3. The van der Waals surface area contributed by atoms with Crippen LogP contribution in [0.4, 0.5) is 0 Å². The molecule has 0 atom stereocenters. The van der Waals surface area contributed by atoms with E-state index in [4.69, 9.17) is 0 Å². The monoisotopic (exact) mass is 902 g/mol. The van der Waals surface area contributed by atoms with Crippen LogP contribution < -0.4 is 0 Å². The highest BCUT2D eigenvalue weighted by Crippen LogP contribution is 2.37. The zero-order valence-corrected chi connectivity index (χ0v) is 40.3. The molecule has 342 valence electrons. The Kier molecular flexibility index (Phi) is 13.7. The quantitative estimate of drug-likeness (QED) is 0.0846. The lowest BCUT2D eigenvalue weighted by Crippen LogP contribution is -2.04. The predicted octanol–water partition coefficient (Wildman–Crippen LogP) is 19.6. The molecule has 0 bridgehead atoms. The molecule has 0 spiro atoms. The predicted molar refractivity (Wildman–Crippen MR) is 304 cm³/mol. The summed E-state index contributed by atoms with van der Waals surface area (Å²) < 4.78 is 0. The summed E-state index contributed by atoms with van der Waals surface area (Å²) in [6, 6.07) is 76.5. The molecule has 2 aliphatic carbocycles. The van der Waals surface area contributed by atoms with E-state index in [1.807, 2.05) is 0 Å². The molecule has 2 fully saturated rings. The average molecular weight is 903 g/mol. The van der Waals surface area contributed by atoms with E-state index < -0.39 is 0 Å². The molecule has 0 saturated heterocycles. The van der Waals surface area contributed by atoms with E-state index in [-0.39, 0.29) is 0 Å². The smallest absolute Gasteiger partial charge is 0.0105 e. The Balaban J connectivity index is 0.966. The fraction of sp³-hybridized carbons (Fsp3) is 0.171. The highest BCUT2D eigenvalue weighted by Gasteiger charge is 2.18. The van der Waals surface area contributed by atoms with Gasteiger partial charge in [-0.2, -0.15) is 0 Å². The van der Waals surface area contributed by atoms with E-state index in [1.54, 1.807) is 0 Å². The molecule has 11 rings (SSSR count). The van der Waals surface area contributed by atoms with Crippen molar-refractivity contribution in [3.8, 4) is 0 Å². The molecule has 0 unspecified atom stereocenters. The molecule has 2 saturated carbocycles. The Labute approximate surface area is 416 Å². The summed E-state index contributed by atoms with van der Waals surface area (Å²) in [4.78, 5) is 0. The topological polar surface area (TPSA) is 0 Å². The van der Waals surface area contributed by atoms with Crippen LogP contribution in [0.5, 0.6) is 0 Å². The lowest BCUT2D eigenvalue weighted by Gasteiger charge is -2.22. The van der Waals surface area contributed by atoms with Gasteiger partial charge in [0.2, 0.25) is 0 Å². The Morgan fingerprint density at radius 3 is 1.00 bits per heavy atom. The van der Waals surface area contributed by atoms with Crippen molar-refractivity contribution in [3.05, 3.63) is 273 Å². The first-order valence-corrected chi connectivity index (χ1v) is 25.9. The van der Waals surface area contributed by atoms with E-state index in [0.29, 0.717) is 11.8 Å². The summed E-state index contributed by atoms with van der Waals surface area (Å²) in [5.74, 6) is 1.37. The first-order chi connectivity index (χ1) is 34.7. The Bertz CT molecular complexity index is 3100. The maximum absolute atomic E-state index is 2.39. The summed E-state index contributed by atoms with van der Waals surface area (Å²) in [6.45, 7) is 0. The summed E-state index contributed by atoms with van der Waals surface area (Å²) in [5.41, 5.74) is 17.5. The van der Waals surface area contributed by atoms with Gasteiger partial charge < -0.3 is 0 Å². The summed E-state index contributed by atoms with van der Waals surface area (Å²) in [5, 5.41) is 4.97. The van der Waals surface area contributed by atoms with Crippen molar-refractivity contribution in [1.82, 2.24) is 0 Å². The number of benzene rings is 9. The van der Waals surface area contributed by atoms with E-state index in [9.17, 15) is 0 Å². The van der Waals surface area contributed by atoms with Gasteiger partial charge in [-0.3, -0.25) is 0 Å². The SMILES string of the molecule is C(=Cc1ccccc1/C=C(/c1ccccc1)c1ccc(C2CCCCC2)cc1)c1cc2cc3ccccc3cc2cc1C=Cc1ccccc1/C=C(/c1ccccc1)c1ccc(C2CCCCC2)cc1. The van der Waals surface area contributed by atoms with Crippen LogP contribution >= 0.6 is 0 Å². The lowest BCUT2D eigenvalue weighted by molar-refractivity contribution is 0.443.